The quantitative estimate of drug-likeness (QED) is 0.602. The first-order chi connectivity index (χ1) is 8.62. The summed E-state index contributed by atoms with van der Waals surface area (Å²) in [5, 5.41) is 0. The minimum Gasteiger partial charge on any atom is -0.462 e. The van der Waals surface area contributed by atoms with Crippen LogP contribution in [0.2, 0.25) is 0 Å². The molecule has 0 amide bonds. The maximum Gasteiger partial charge on any atom is 0.338 e. The van der Waals surface area contributed by atoms with Crippen LogP contribution in [-0.2, 0) is 13.8 Å². The van der Waals surface area contributed by atoms with Gasteiger partial charge >= 0.3 is 5.97 Å². The highest BCUT2D eigenvalue weighted by Gasteiger charge is 2.19. The van der Waals surface area contributed by atoms with E-state index in [9.17, 15) is 13.2 Å². The zero-order chi connectivity index (χ0) is 14.8. The number of halogens is 2. The van der Waals surface area contributed by atoms with Gasteiger partial charge in [-0.2, -0.15) is 0 Å². The minimum absolute atomic E-state index is 0.136. The van der Waals surface area contributed by atoms with E-state index in [0.717, 1.165) is 0 Å². The van der Waals surface area contributed by atoms with E-state index in [-0.39, 0.29) is 23.0 Å². The summed E-state index contributed by atoms with van der Waals surface area (Å²) in [6.07, 6.45) is 0. The molecule has 0 spiro atoms. The lowest BCUT2D eigenvalue weighted by atomic mass is 10.1. The number of ether oxygens (including phenoxy) is 1. The zero-order valence-corrected chi connectivity index (χ0v) is 13.9. The molecule has 0 bridgehead atoms. The molecular weight excluding hydrogens is 356 g/mol. The largest absolute Gasteiger partial charge is 0.462 e. The van der Waals surface area contributed by atoms with Crippen molar-refractivity contribution in [2.45, 2.75) is 25.7 Å². The van der Waals surface area contributed by atoms with Crippen LogP contribution in [-0.4, -0.2) is 21.0 Å². The Hall–Kier alpha value is -0.590. The Balaban J connectivity index is 3.20. The summed E-state index contributed by atoms with van der Waals surface area (Å²) in [4.78, 5) is 11.8. The Bertz CT molecular complexity index is 596. The van der Waals surface area contributed by atoms with E-state index in [1.165, 1.54) is 12.1 Å². The first-order valence-corrected chi connectivity index (χ1v) is 8.65. The second-order valence-corrected chi connectivity index (χ2v) is 7.93. The average Bonchev–Trinajstić information content (AvgIpc) is 2.27. The molecule has 0 aliphatic heterocycles. The SMILES string of the molecule is Cc1c(Br)cc(S(=O)(=O)Cl)cc1C(=O)OCC(C)C. The third-order valence-corrected chi connectivity index (χ3v) is 4.52. The Morgan fingerprint density at radius 2 is 2.00 bits per heavy atom. The van der Waals surface area contributed by atoms with Gasteiger partial charge < -0.3 is 4.74 Å². The highest BCUT2D eigenvalue weighted by Crippen LogP contribution is 2.27. The highest BCUT2D eigenvalue weighted by atomic mass is 79.9. The van der Waals surface area contributed by atoms with Crippen LogP contribution in [0.3, 0.4) is 0 Å². The van der Waals surface area contributed by atoms with Crippen LogP contribution >= 0.6 is 26.6 Å². The Morgan fingerprint density at radius 1 is 1.42 bits per heavy atom. The van der Waals surface area contributed by atoms with Crippen molar-refractivity contribution in [2.24, 2.45) is 5.92 Å². The molecule has 1 aromatic rings. The molecular formula is C12H14BrClO4S. The summed E-state index contributed by atoms with van der Waals surface area (Å²) in [7, 11) is 1.39. The lowest BCUT2D eigenvalue weighted by Crippen LogP contribution is -2.12. The number of rotatable bonds is 4. The molecule has 4 nitrogen and oxygen atoms in total. The van der Waals surface area contributed by atoms with Gasteiger partial charge in [0.05, 0.1) is 17.1 Å². The van der Waals surface area contributed by atoms with E-state index in [1.54, 1.807) is 6.92 Å². The molecule has 0 N–H and O–H groups in total. The third kappa shape index (κ3) is 4.47. The Labute approximate surface area is 125 Å². The van der Waals surface area contributed by atoms with Gasteiger partial charge in [0.25, 0.3) is 9.05 Å². The molecule has 1 aromatic carbocycles. The van der Waals surface area contributed by atoms with Crippen molar-refractivity contribution in [3.63, 3.8) is 0 Å². The van der Waals surface area contributed by atoms with Crippen molar-refractivity contribution in [2.75, 3.05) is 6.61 Å². The molecule has 0 atom stereocenters. The van der Waals surface area contributed by atoms with E-state index in [2.05, 4.69) is 15.9 Å². The van der Waals surface area contributed by atoms with E-state index < -0.39 is 15.0 Å². The Morgan fingerprint density at radius 3 is 2.47 bits per heavy atom. The summed E-state index contributed by atoms with van der Waals surface area (Å²) in [6, 6.07) is 2.59. The van der Waals surface area contributed by atoms with E-state index in [0.29, 0.717) is 10.0 Å². The van der Waals surface area contributed by atoms with Crippen LogP contribution in [0.25, 0.3) is 0 Å². The van der Waals surface area contributed by atoms with Gasteiger partial charge in [0.15, 0.2) is 0 Å². The third-order valence-electron chi connectivity index (χ3n) is 2.37. The average molecular weight is 370 g/mol. The van der Waals surface area contributed by atoms with Gasteiger partial charge in [-0.15, -0.1) is 0 Å². The van der Waals surface area contributed by atoms with Crippen molar-refractivity contribution in [1.82, 2.24) is 0 Å². The number of carbonyl (C=O) groups excluding carboxylic acids is 1. The summed E-state index contributed by atoms with van der Waals surface area (Å²) < 4.78 is 28.2. The molecule has 0 aliphatic rings. The maximum absolute atomic E-state index is 11.9. The van der Waals surface area contributed by atoms with Gasteiger partial charge in [-0.3, -0.25) is 0 Å². The highest BCUT2D eigenvalue weighted by molar-refractivity contribution is 9.10. The number of benzene rings is 1. The van der Waals surface area contributed by atoms with Crippen molar-refractivity contribution < 1.29 is 17.9 Å². The molecule has 0 saturated heterocycles. The number of esters is 1. The number of carbonyl (C=O) groups is 1. The second kappa shape index (κ2) is 6.24. The van der Waals surface area contributed by atoms with Crippen LogP contribution in [0.4, 0.5) is 0 Å². The van der Waals surface area contributed by atoms with E-state index in [4.69, 9.17) is 15.4 Å². The van der Waals surface area contributed by atoms with Gasteiger partial charge in [-0.1, -0.05) is 29.8 Å². The summed E-state index contributed by atoms with van der Waals surface area (Å²) in [6.45, 7) is 5.79. The fourth-order valence-corrected chi connectivity index (χ4v) is 2.72. The molecule has 0 aromatic heterocycles. The number of hydrogen-bond acceptors (Lipinski definition) is 4. The summed E-state index contributed by atoms with van der Waals surface area (Å²) in [5.41, 5.74) is 0.798. The van der Waals surface area contributed by atoms with Crippen LogP contribution in [0, 0.1) is 12.8 Å². The minimum atomic E-state index is -3.89. The summed E-state index contributed by atoms with van der Waals surface area (Å²) >= 11 is 3.21. The fourth-order valence-electron chi connectivity index (χ4n) is 1.33. The predicted molar refractivity (Wildman–Crippen MR) is 77.0 cm³/mol. The fraction of sp³-hybridized carbons (Fsp3) is 0.417. The van der Waals surface area contributed by atoms with Crippen molar-refractivity contribution in [1.29, 1.82) is 0 Å². The first-order valence-electron chi connectivity index (χ1n) is 5.55. The van der Waals surface area contributed by atoms with Crippen LogP contribution in [0.1, 0.15) is 29.8 Å². The second-order valence-electron chi connectivity index (χ2n) is 4.51. The van der Waals surface area contributed by atoms with Gasteiger partial charge in [-0.25, -0.2) is 13.2 Å². The summed E-state index contributed by atoms with van der Waals surface area (Å²) in [5.74, 6) is -0.360. The molecule has 0 saturated carbocycles. The molecule has 0 radical (unpaired) electrons. The maximum atomic E-state index is 11.9. The molecule has 0 heterocycles. The van der Waals surface area contributed by atoms with Crippen molar-refractivity contribution in [3.05, 3.63) is 27.7 Å². The monoisotopic (exact) mass is 368 g/mol. The molecule has 106 valence electrons. The van der Waals surface area contributed by atoms with Crippen LogP contribution in [0.15, 0.2) is 21.5 Å². The molecule has 0 unspecified atom stereocenters. The smallest absolute Gasteiger partial charge is 0.338 e. The van der Waals surface area contributed by atoms with Crippen LogP contribution < -0.4 is 0 Å². The first kappa shape index (κ1) is 16.5. The molecule has 19 heavy (non-hydrogen) atoms. The van der Waals surface area contributed by atoms with Gasteiger partial charge in [0.1, 0.15) is 0 Å². The van der Waals surface area contributed by atoms with Crippen molar-refractivity contribution >= 4 is 41.6 Å². The lowest BCUT2D eigenvalue weighted by molar-refractivity contribution is 0.0457. The molecule has 1 rings (SSSR count). The normalized spacial score (nSPS) is 11.7. The standard InChI is InChI=1S/C12H14BrClO4S/c1-7(2)6-18-12(15)10-4-9(19(14,16)17)5-11(13)8(10)3/h4-5,7H,6H2,1-3H3. The van der Waals surface area contributed by atoms with Gasteiger partial charge in [0, 0.05) is 15.2 Å². The zero-order valence-electron chi connectivity index (χ0n) is 10.7. The van der Waals surface area contributed by atoms with Gasteiger partial charge in [0.2, 0.25) is 0 Å². The topological polar surface area (TPSA) is 60.4 Å². The molecule has 0 aliphatic carbocycles. The van der Waals surface area contributed by atoms with Crippen molar-refractivity contribution in [3.8, 4) is 0 Å². The lowest BCUT2D eigenvalue weighted by Gasteiger charge is -2.11. The predicted octanol–water partition coefficient (Wildman–Crippen LogP) is 3.50. The van der Waals surface area contributed by atoms with Gasteiger partial charge in [-0.05, 0) is 30.5 Å². The van der Waals surface area contributed by atoms with Crippen LogP contribution in [0.5, 0.6) is 0 Å². The number of hydrogen-bond donors (Lipinski definition) is 0. The Kier molecular flexibility index (Phi) is 5.41. The molecule has 0 fully saturated rings. The van der Waals surface area contributed by atoms with E-state index >= 15 is 0 Å². The van der Waals surface area contributed by atoms with E-state index in [1.807, 2.05) is 13.8 Å². The molecule has 7 heteroatoms.